The molecule has 146 valence electrons. The van der Waals surface area contributed by atoms with Gasteiger partial charge in [-0.05, 0) is 44.0 Å². The number of morpholine rings is 1. The van der Waals surface area contributed by atoms with E-state index in [0.717, 1.165) is 52.0 Å². The van der Waals surface area contributed by atoms with Crippen molar-refractivity contribution in [3.8, 4) is 5.75 Å². The highest BCUT2D eigenvalue weighted by molar-refractivity contribution is 7.89. The lowest BCUT2D eigenvalue weighted by Gasteiger charge is -2.48. The van der Waals surface area contributed by atoms with Gasteiger partial charge in [0.2, 0.25) is 10.0 Å². The summed E-state index contributed by atoms with van der Waals surface area (Å²) < 4.78 is 39.3. The first-order valence-corrected chi connectivity index (χ1v) is 11.1. The van der Waals surface area contributed by atoms with Gasteiger partial charge in [0.25, 0.3) is 0 Å². The van der Waals surface area contributed by atoms with Crippen molar-refractivity contribution in [2.75, 3.05) is 39.5 Å². The Morgan fingerprint density at radius 1 is 1.12 bits per heavy atom. The Morgan fingerprint density at radius 3 is 2.38 bits per heavy atom. The SMILES string of the molecule is CCOc1ccc(S(=O)(=O)NCC2(N3CCOCC3)CCCCC2)cc1. The first-order valence-electron chi connectivity index (χ1n) is 9.61. The fourth-order valence-electron chi connectivity index (χ4n) is 4.05. The molecule has 0 bridgehead atoms. The number of nitrogens with one attached hydrogen (secondary N) is 1. The average Bonchev–Trinajstić information content (AvgIpc) is 2.69. The molecule has 7 heteroatoms. The van der Waals surface area contributed by atoms with E-state index < -0.39 is 10.0 Å². The van der Waals surface area contributed by atoms with Gasteiger partial charge in [0.1, 0.15) is 5.75 Å². The van der Waals surface area contributed by atoms with Crippen molar-refractivity contribution in [2.24, 2.45) is 0 Å². The summed E-state index contributed by atoms with van der Waals surface area (Å²) in [5.41, 5.74) is -0.0830. The second-order valence-electron chi connectivity index (χ2n) is 7.11. The number of nitrogens with zero attached hydrogens (tertiary/aromatic N) is 1. The van der Waals surface area contributed by atoms with Crippen LogP contribution in [0.3, 0.4) is 0 Å². The van der Waals surface area contributed by atoms with E-state index in [2.05, 4.69) is 9.62 Å². The minimum absolute atomic E-state index is 0.0830. The summed E-state index contributed by atoms with van der Waals surface area (Å²) in [6.45, 7) is 6.15. The van der Waals surface area contributed by atoms with Crippen LogP contribution in [0.4, 0.5) is 0 Å². The van der Waals surface area contributed by atoms with E-state index in [4.69, 9.17) is 9.47 Å². The highest BCUT2D eigenvalue weighted by Gasteiger charge is 2.39. The highest BCUT2D eigenvalue weighted by atomic mass is 32.2. The van der Waals surface area contributed by atoms with E-state index in [1.165, 1.54) is 6.42 Å². The molecule has 1 saturated carbocycles. The molecule has 0 amide bonds. The van der Waals surface area contributed by atoms with E-state index in [1.54, 1.807) is 24.3 Å². The van der Waals surface area contributed by atoms with Crippen molar-refractivity contribution >= 4 is 10.0 Å². The summed E-state index contributed by atoms with van der Waals surface area (Å²) >= 11 is 0. The van der Waals surface area contributed by atoms with Gasteiger partial charge in [0, 0.05) is 25.2 Å². The second kappa shape index (κ2) is 8.69. The monoisotopic (exact) mass is 382 g/mol. The predicted molar refractivity (Wildman–Crippen MR) is 101 cm³/mol. The Bertz CT molecular complexity index is 663. The molecule has 1 heterocycles. The first-order chi connectivity index (χ1) is 12.6. The lowest BCUT2D eigenvalue weighted by Crippen LogP contribution is -2.59. The molecule has 1 aliphatic carbocycles. The van der Waals surface area contributed by atoms with Gasteiger partial charge < -0.3 is 9.47 Å². The van der Waals surface area contributed by atoms with Gasteiger partial charge in [-0.15, -0.1) is 0 Å². The van der Waals surface area contributed by atoms with E-state index in [1.807, 2.05) is 6.92 Å². The lowest BCUT2D eigenvalue weighted by atomic mass is 9.80. The van der Waals surface area contributed by atoms with Crippen LogP contribution in [0, 0.1) is 0 Å². The van der Waals surface area contributed by atoms with E-state index in [0.29, 0.717) is 18.9 Å². The quantitative estimate of drug-likeness (QED) is 0.784. The zero-order valence-electron chi connectivity index (χ0n) is 15.6. The second-order valence-corrected chi connectivity index (χ2v) is 8.88. The fourth-order valence-corrected chi connectivity index (χ4v) is 5.17. The number of sulfonamides is 1. The first kappa shape index (κ1) is 19.6. The van der Waals surface area contributed by atoms with Crippen LogP contribution >= 0.6 is 0 Å². The molecule has 0 radical (unpaired) electrons. The van der Waals surface area contributed by atoms with Crippen molar-refractivity contribution in [1.82, 2.24) is 9.62 Å². The number of ether oxygens (including phenoxy) is 2. The van der Waals surface area contributed by atoms with Gasteiger partial charge in [0.15, 0.2) is 0 Å². The predicted octanol–water partition coefficient (Wildman–Crippen LogP) is 2.40. The maximum atomic E-state index is 12.8. The zero-order valence-corrected chi connectivity index (χ0v) is 16.4. The molecule has 1 aromatic carbocycles. The Hall–Kier alpha value is -1.15. The van der Waals surface area contributed by atoms with Gasteiger partial charge in [-0.2, -0.15) is 0 Å². The van der Waals surface area contributed by atoms with Gasteiger partial charge in [-0.25, -0.2) is 13.1 Å². The van der Waals surface area contributed by atoms with E-state index >= 15 is 0 Å². The third-order valence-corrected chi connectivity index (χ3v) is 6.92. The number of hydrogen-bond acceptors (Lipinski definition) is 5. The molecule has 1 aromatic rings. The molecule has 3 rings (SSSR count). The van der Waals surface area contributed by atoms with Crippen molar-refractivity contribution in [2.45, 2.75) is 49.5 Å². The third-order valence-electron chi connectivity index (χ3n) is 5.50. The van der Waals surface area contributed by atoms with E-state index in [9.17, 15) is 8.42 Å². The maximum Gasteiger partial charge on any atom is 0.240 e. The molecule has 0 spiro atoms. The Kier molecular flexibility index (Phi) is 6.55. The normalized spacial score (nSPS) is 21.4. The van der Waals surface area contributed by atoms with Crippen molar-refractivity contribution in [3.63, 3.8) is 0 Å². The largest absolute Gasteiger partial charge is 0.494 e. The Morgan fingerprint density at radius 2 is 1.77 bits per heavy atom. The Labute approximate surface area is 156 Å². The van der Waals surface area contributed by atoms with Crippen LogP contribution in [0.25, 0.3) is 0 Å². The average molecular weight is 383 g/mol. The number of rotatable bonds is 7. The van der Waals surface area contributed by atoms with Crippen molar-refractivity contribution in [1.29, 1.82) is 0 Å². The topological polar surface area (TPSA) is 67.9 Å². The van der Waals surface area contributed by atoms with E-state index in [-0.39, 0.29) is 10.4 Å². The summed E-state index contributed by atoms with van der Waals surface area (Å²) in [6, 6.07) is 6.62. The Balaban J connectivity index is 1.70. The van der Waals surface area contributed by atoms with Crippen molar-refractivity contribution in [3.05, 3.63) is 24.3 Å². The molecule has 2 fully saturated rings. The smallest absolute Gasteiger partial charge is 0.240 e. The molecule has 2 aliphatic rings. The van der Waals surface area contributed by atoms with Gasteiger partial charge >= 0.3 is 0 Å². The minimum atomic E-state index is -3.53. The van der Waals surface area contributed by atoms with Gasteiger partial charge in [-0.3, -0.25) is 4.90 Å². The van der Waals surface area contributed by atoms with Gasteiger partial charge in [0.05, 0.1) is 24.7 Å². The van der Waals surface area contributed by atoms with Crippen LogP contribution in [-0.2, 0) is 14.8 Å². The third kappa shape index (κ3) is 4.57. The molecule has 0 aromatic heterocycles. The van der Waals surface area contributed by atoms with Crippen LogP contribution in [0.1, 0.15) is 39.0 Å². The van der Waals surface area contributed by atoms with Crippen LogP contribution in [0.2, 0.25) is 0 Å². The highest BCUT2D eigenvalue weighted by Crippen LogP contribution is 2.34. The lowest BCUT2D eigenvalue weighted by molar-refractivity contribution is -0.0348. The van der Waals surface area contributed by atoms with Crippen LogP contribution in [0.5, 0.6) is 5.75 Å². The fraction of sp³-hybridized carbons (Fsp3) is 0.684. The van der Waals surface area contributed by atoms with Crippen LogP contribution in [-0.4, -0.2) is 58.3 Å². The van der Waals surface area contributed by atoms with Gasteiger partial charge in [-0.1, -0.05) is 19.3 Å². The summed E-state index contributed by atoms with van der Waals surface area (Å²) in [5, 5.41) is 0. The molecular weight excluding hydrogens is 352 g/mol. The standard InChI is InChI=1S/C19H30N2O4S/c1-2-25-17-6-8-18(9-7-17)26(22,23)20-16-19(10-4-3-5-11-19)21-12-14-24-15-13-21/h6-9,20H,2-5,10-16H2,1H3. The molecule has 1 saturated heterocycles. The maximum absolute atomic E-state index is 12.8. The molecule has 26 heavy (non-hydrogen) atoms. The summed E-state index contributed by atoms with van der Waals surface area (Å²) in [5.74, 6) is 0.684. The molecule has 0 atom stereocenters. The summed E-state index contributed by atoms with van der Waals surface area (Å²) in [6.07, 6.45) is 5.62. The number of benzene rings is 1. The molecule has 6 nitrogen and oxygen atoms in total. The molecular formula is C19H30N2O4S. The molecule has 1 aliphatic heterocycles. The summed E-state index contributed by atoms with van der Waals surface area (Å²) in [7, 11) is -3.53. The van der Waals surface area contributed by atoms with Crippen LogP contribution in [0.15, 0.2) is 29.2 Å². The summed E-state index contributed by atoms with van der Waals surface area (Å²) in [4.78, 5) is 2.73. The zero-order chi connectivity index (χ0) is 18.5. The minimum Gasteiger partial charge on any atom is -0.494 e. The van der Waals surface area contributed by atoms with Crippen LogP contribution < -0.4 is 9.46 Å². The number of hydrogen-bond donors (Lipinski definition) is 1. The molecule has 1 N–H and O–H groups in total. The molecule has 0 unspecified atom stereocenters. The van der Waals surface area contributed by atoms with Crippen molar-refractivity contribution < 1.29 is 17.9 Å².